The molecule has 0 saturated heterocycles. The van der Waals surface area contributed by atoms with Gasteiger partial charge in [-0.3, -0.25) is 0 Å². The first kappa shape index (κ1) is 7.75. The molecule has 0 fully saturated rings. The van der Waals surface area contributed by atoms with E-state index in [2.05, 4.69) is 6.58 Å². The molecule has 0 bridgehead atoms. The summed E-state index contributed by atoms with van der Waals surface area (Å²) in [6.45, 7) is 4.95. The number of carboxylic acids is 1. The minimum absolute atomic E-state index is 0.289. The predicted molar refractivity (Wildman–Crippen MR) is 34.7 cm³/mol. The number of hydrogen-bond acceptors (Lipinski definition) is 2. The Bertz CT molecular complexity index is 170. The number of nitrogens with two attached hydrogens (primary N) is 1. The fourth-order valence-electron chi connectivity index (χ4n) is 0.278. The molecule has 0 heterocycles. The summed E-state index contributed by atoms with van der Waals surface area (Å²) in [7, 11) is 0. The van der Waals surface area contributed by atoms with Crippen LogP contribution in [0.5, 0.6) is 0 Å². The summed E-state index contributed by atoms with van der Waals surface area (Å²) >= 11 is 0. The third-order valence-corrected chi connectivity index (χ3v) is 0.846. The van der Waals surface area contributed by atoms with Gasteiger partial charge in [0.05, 0.1) is 0 Å². The summed E-state index contributed by atoms with van der Waals surface area (Å²) in [5.74, 6) is -1.00. The van der Waals surface area contributed by atoms with Crippen molar-refractivity contribution in [1.29, 1.82) is 0 Å². The molecule has 0 aromatic carbocycles. The van der Waals surface area contributed by atoms with E-state index < -0.39 is 5.97 Å². The molecule has 0 aliphatic rings. The molecule has 0 atom stereocenters. The van der Waals surface area contributed by atoms with Gasteiger partial charge >= 0.3 is 5.97 Å². The van der Waals surface area contributed by atoms with Crippen LogP contribution in [0.15, 0.2) is 23.9 Å². The minimum Gasteiger partial charge on any atom is -0.478 e. The lowest BCUT2D eigenvalue weighted by molar-refractivity contribution is -0.131. The van der Waals surface area contributed by atoms with Gasteiger partial charge in [-0.15, -0.1) is 0 Å². The first-order valence-electron chi connectivity index (χ1n) is 2.40. The highest BCUT2D eigenvalue weighted by molar-refractivity contribution is 5.81. The number of rotatable bonds is 2. The summed E-state index contributed by atoms with van der Waals surface area (Å²) in [4.78, 5) is 9.94. The molecule has 3 nitrogen and oxygen atoms in total. The Balaban J connectivity index is 4.17. The van der Waals surface area contributed by atoms with Gasteiger partial charge in [0.2, 0.25) is 0 Å². The van der Waals surface area contributed by atoms with Crippen molar-refractivity contribution in [1.82, 2.24) is 0 Å². The molecule has 9 heavy (non-hydrogen) atoms. The highest BCUT2D eigenvalue weighted by Gasteiger charge is 1.92. The summed E-state index contributed by atoms with van der Waals surface area (Å²) in [6, 6.07) is 0. The molecule has 3 heteroatoms. The fourth-order valence-corrected chi connectivity index (χ4v) is 0.278. The van der Waals surface area contributed by atoms with Crippen LogP contribution in [0.2, 0.25) is 0 Å². The number of carboxylic acid groups (broad SMARTS) is 1. The van der Waals surface area contributed by atoms with Crippen LogP contribution in [0.3, 0.4) is 0 Å². The maximum Gasteiger partial charge on any atom is 0.328 e. The second-order valence-electron chi connectivity index (χ2n) is 1.69. The molecular formula is C6H9NO2. The van der Waals surface area contributed by atoms with Gasteiger partial charge in [-0.1, -0.05) is 6.58 Å². The van der Waals surface area contributed by atoms with Gasteiger partial charge < -0.3 is 10.8 Å². The summed E-state index contributed by atoms with van der Waals surface area (Å²) < 4.78 is 0. The molecule has 0 aromatic heterocycles. The maximum absolute atomic E-state index is 9.94. The standard InChI is InChI=1S/C6H9NO2/c1-4(5(2)7)3-6(8)9/h3H,2,7H2,1H3,(H,8,9). The van der Waals surface area contributed by atoms with Crippen LogP contribution in [0.1, 0.15) is 6.92 Å². The van der Waals surface area contributed by atoms with Crippen molar-refractivity contribution in [3.05, 3.63) is 23.9 Å². The van der Waals surface area contributed by atoms with E-state index in [-0.39, 0.29) is 5.70 Å². The average molecular weight is 127 g/mol. The molecule has 0 aliphatic heterocycles. The van der Waals surface area contributed by atoms with Gasteiger partial charge in [-0.25, -0.2) is 4.79 Å². The second-order valence-corrected chi connectivity index (χ2v) is 1.69. The SMILES string of the molecule is C=C(N)C(C)=CC(=O)O. The van der Waals surface area contributed by atoms with E-state index in [4.69, 9.17) is 10.8 Å². The third-order valence-electron chi connectivity index (χ3n) is 0.846. The van der Waals surface area contributed by atoms with Crippen molar-refractivity contribution in [2.75, 3.05) is 0 Å². The number of allylic oxidation sites excluding steroid dienone is 1. The van der Waals surface area contributed by atoms with E-state index in [9.17, 15) is 4.79 Å². The summed E-state index contributed by atoms with van der Waals surface area (Å²) in [5, 5.41) is 8.16. The van der Waals surface area contributed by atoms with Gasteiger partial charge in [-0.05, 0) is 12.5 Å². The predicted octanol–water partition coefficient (Wildman–Crippen LogP) is 0.490. The van der Waals surface area contributed by atoms with E-state index in [1.165, 1.54) is 0 Å². The first-order valence-corrected chi connectivity index (χ1v) is 2.40. The van der Waals surface area contributed by atoms with Gasteiger partial charge in [0.1, 0.15) is 0 Å². The van der Waals surface area contributed by atoms with Crippen molar-refractivity contribution >= 4 is 5.97 Å². The zero-order valence-corrected chi connectivity index (χ0v) is 5.22. The smallest absolute Gasteiger partial charge is 0.328 e. The Morgan fingerprint density at radius 1 is 1.78 bits per heavy atom. The number of carbonyl (C=O) groups is 1. The summed E-state index contributed by atoms with van der Waals surface area (Å²) in [5.41, 5.74) is 5.94. The maximum atomic E-state index is 9.94. The first-order chi connectivity index (χ1) is 4.04. The zero-order chi connectivity index (χ0) is 7.44. The Kier molecular flexibility index (Phi) is 2.51. The van der Waals surface area contributed by atoms with Gasteiger partial charge in [0, 0.05) is 11.8 Å². The largest absolute Gasteiger partial charge is 0.478 e. The van der Waals surface area contributed by atoms with E-state index in [0.29, 0.717) is 5.57 Å². The normalized spacial score (nSPS) is 11.0. The van der Waals surface area contributed by atoms with E-state index in [1.807, 2.05) is 0 Å². The van der Waals surface area contributed by atoms with Crippen molar-refractivity contribution in [2.24, 2.45) is 5.73 Å². The van der Waals surface area contributed by atoms with Gasteiger partial charge in [0.25, 0.3) is 0 Å². The summed E-state index contributed by atoms with van der Waals surface area (Å²) in [6.07, 6.45) is 1.02. The molecule has 0 saturated carbocycles. The van der Waals surface area contributed by atoms with Crippen LogP contribution < -0.4 is 5.73 Å². The fraction of sp³-hybridized carbons (Fsp3) is 0.167. The minimum atomic E-state index is -1.00. The molecule has 0 aliphatic carbocycles. The van der Waals surface area contributed by atoms with Crippen molar-refractivity contribution < 1.29 is 9.90 Å². The van der Waals surface area contributed by atoms with Crippen LogP contribution >= 0.6 is 0 Å². The highest BCUT2D eigenvalue weighted by atomic mass is 16.4. The lowest BCUT2D eigenvalue weighted by Crippen LogP contribution is -1.98. The van der Waals surface area contributed by atoms with Crippen molar-refractivity contribution in [3.63, 3.8) is 0 Å². The van der Waals surface area contributed by atoms with E-state index in [1.54, 1.807) is 6.92 Å². The zero-order valence-electron chi connectivity index (χ0n) is 5.22. The molecule has 0 spiro atoms. The molecule has 0 rings (SSSR count). The third kappa shape index (κ3) is 3.34. The molecule has 0 radical (unpaired) electrons. The van der Waals surface area contributed by atoms with Crippen LogP contribution in [-0.4, -0.2) is 11.1 Å². The number of hydrogen-bond donors (Lipinski definition) is 2. The Hall–Kier alpha value is -1.25. The Labute approximate surface area is 53.5 Å². The molecule has 50 valence electrons. The lowest BCUT2D eigenvalue weighted by Gasteiger charge is -1.93. The quantitative estimate of drug-likeness (QED) is 0.419. The van der Waals surface area contributed by atoms with Crippen molar-refractivity contribution in [3.8, 4) is 0 Å². The molecular weight excluding hydrogens is 118 g/mol. The monoisotopic (exact) mass is 127 g/mol. The van der Waals surface area contributed by atoms with Gasteiger partial charge in [-0.2, -0.15) is 0 Å². The van der Waals surface area contributed by atoms with Crippen LogP contribution in [0.25, 0.3) is 0 Å². The molecule has 0 aromatic rings. The molecule has 3 N–H and O–H groups in total. The van der Waals surface area contributed by atoms with Crippen LogP contribution in [0.4, 0.5) is 0 Å². The van der Waals surface area contributed by atoms with Gasteiger partial charge in [0.15, 0.2) is 0 Å². The van der Waals surface area contributed by atoms with Crippen molar-refractivity contribution in [2.45, 2.75) is 6.92 Å². The van der Waals surface area contributed by atoms with E-state index in [0.717, 1.165) is 6.08 Å². The molecule has 0 unspecified atom stereocenters. The number of aliphatic carboxylic acids is 1. The highest BCUT2D eigenvalue weighted by Crippen LogP contribution is 1.97. The Morgan fingerprint density at radius 3 is 2.33 bits per heavy atom. The topological polar surface area (TPSA) is 63.3 Å². The molecule has 0 amide bonds. The second kappa shape index (κ2) is 2.91. The van der Waals surface area contributed by atoms with Crippen LogP contribution in [-0.2, 0) is 4.79 Å². The lowest BCUT2D eigenvalue weighted by atomic mass is 10.2. The Morgan fingerprint density at radius 2 is 2.22 bits per heavy atom. The van der Waals surface area contributed by atoms with E-state index >= 15 is 0 Å². The average Bonchev–Trinajstić information content (AvgIpc) is 1.63. The van der Waals surface area contributed by atoms with Crippen LogP contribution in [0, 0.1) is 0 Å².